The maximum atomic E-state index is 12.7. The fourth-order valence-corrected chi connectivity index (χ4v) is 1.31. The van der Waals surface area contributed by atoms with Gasteiger partial charge in [-0.15, -0.1) is 0 Å². The molecule has 0 saturated heterocycles. The van der Waals surface area contributed by atoms with E-state index in [-0.39, 0.29) is 17.9 Å². The molecular formula is C14H15FN2O4. The van der Waals surface area contributed by atoms with Crippen molar-refractivity contribution in [1.29, 1.82) is 0 Å². The van der Waals surface area contributed by atoms with E-state index in [0.717, 1.165) is 6.21 Å². The zero-order valence-corrected chi connectivity index (χ0v) is 11.6. The highest BCUT2D eigenvalue weighted by atomic mass is 19.1. The lowest BCUT2D eigenvalue weighted by molar-refractivity contribution is -0.138. The van der Waals surface area contributed by atoms with Crippen LogP contribution in [0.4, 0.5) is 14.9 Å². The van der Waals surface area contributed by atoms with Gasteiger partial charge in [0.05, 0.1) is 12.8 Å². The number of hydrogen-bond donors (Lipinski definition) is 2. The number of benzene rings is 1. The van der Waals surface area contributed by atoms with Crippen LogP contribution in [0, 0.1) is 5.82 Å². The normalized spacial score (nSPS) is 12.0. The second kappa shape index (κ2) is 7.78. The number of halogens is 1. The molecule has 0 unspecified atom stereocenters. The summed E-state index contributed by atoms with van der Waals surface area (Å²) in [5, 5.41) is 11.7. The first-order valence-corrected chi connectivity index (χ1v) is 6.11. The van der Waals surface area contributed by atoms with Gasteiger partial charge in [0, 0.05) is 5.69 Å². The van der Waals surface area contributed by atoms with Crippen LogP contribution in [0.2, 0.25) is 0 Å². The molecule has 0 saturated carbocycles. The number of aliphatic imine (C=N–C) groups is 1. The maximum Gasteiger partial charge on any atom is 0.345 e. The fraction of sp³-hybridized carbons (Fsp3) is 0.214. The SMILES string of the molecule is CCOC(=O)C(C=NC(=O)Nc1ccc(F)cc1)=C(C)O. The van der Waals surface area contributed by atoms with Crippen molar-refractivity contribution in [3.05, 3.63) is 41.4 Å². The number of rotatable bonds is 4. The van der Waals surface area contributed by atoms with Crippen molar-refractivity contribution in [2.45, 2.75) is 13.8 Å². The van der Waals surface area contributed by atoms with Gasteiger partial charge in [0.2, 0.25) is 0 Å². The van der Waals surface area contributed by atoms with Gasteiger partial charge in [0.1, 0.15) is 17.1 Å². The minimum atomic E-state index is -0.782. The standard InChI is InChI=1S/C14H15FN2O4/c1-3-21-13(19)12(9(2)18)8-16-14(20)17-11-6-4-10(15)5-7-11/h4-8,18H,3H2,1-2H3,(H,17,20). The first-order valence-electron chi connectivity index (χ1n) is 6.11. The third-order valence-electron chi connectivity index (χ3n) is 2.29. The van der Waals surface area contributed by atoms with Crippen molar-refractivity contribution in [2.24, 2.45) is 4.99 Å². The average molecular weight is 294 g/mol. The van der Waals surface area contributed by atoms with Gasteiger partial charge in [-0.05, 0) is 38.1 Å². The largest absolute Gasteiger partial charge is 0.512 e. The molecule has 0 aromatic heterocycles. The van der Waals surface area contributed by atoms with Crippen molar-refractivity contribution in [3.8, 4) is 0 Å². The van der Waals surface area contributed by atoms with Crippen LogP contribution in [0.5, 0.6) is 0 Å². The highest BCUT2D eigenvalue weighted by Gasteiger charge is 2.12. The van der Waals surface area contributed by atoms with E-state index < -0.39 is 17.8 Å². The predicted molar refractivity (Wildman–Crippen MR) is 75.9 cm³/mol. The molecule has 21 heavy (non-hydrogen) atoms. The Morgan fingerprint density at radius 3 is 2.52 bits per heavy atom. The van der Waals surface area contributed by atoms with Gasteiger partial charge in [-0.25, -0.2) is 19.0 Å². The van der Waals surface area contributed by atoms with Crippen LogP contribution in [0.25, 0.3) is 0 Å². The van der Waals surface area contributed by atoms with Crippen molar-refractivity contribution in [3.63, 3.8) is 0 Å². The quantitative estimate of drug-likeness (QED) is 0.387. The molecule has 0 bridgehead atoms. The molecule has 2 amide bonds. The summed E-state index contributed by atoms with van der Waals surface area (Å²) in [5.41, 5.74) is 0.132. The van der Waals surface area contributed by atoms with Gasteiger partial charge in [-0.1, -0.05) is 0 Å². The summed E-state index contributed by atoms with van der Waals surface area (Å²) in [5.74, 6) is -1.53. The van der Waals surface area contributed by atoms with E-state index >= 15 is 0 Å². The van der Waals surface area contributed by atoms with Gasteiger partial charge >= 0.3 is 12.0 Å². The van der Waals surface area contributed by atoms with Crippen molar-refractivity contribution in [2.75, 3.05) is 11.9 Å². The van der Waals surface area contributed by atoms with Gasteiger partial charge in [0.25, 0.3) is 0 Å². The van der Waals surface area contributed by atoms with Crippen LogP contribution in [-0.2, 0) is 9.53 Å². The second-order valence-corrected chi connectivity index (χ2v) is 3.91. The maximum absolute atomic E-state index is 12.7. The zero-order chi connectivity index (χ0) is 15.8. The molecule has 112 valence electrons. The molecular weight excluding hydrogens is 279 g/mol. The summed E-state index contributed by atoms with van der Waals surface area (Å²) in [4.78, 5) is 26.5. The molecule has 1 rings (SSSR count). The summed E-state index contributed by atoms with van der Waals surface area (Å²) in [7, 11) is 0. The van der Waals surface area contributed by atoms with Crippen LogP contribution in [0.3, 0.4) is 0 Å². The van der Waals surface area contributed by atoms with Gasteiger partial charge in [-0.2, -0.15) is 0 Å². The molecule has 6 nitrogen and oxygen atoms in total. The minimum Gasteiger partial charge on any atom is -0.512 e. The Labute approximate surface area is 121 Å². The Kier molecular flexibility index (Phi) is 6.06. The van der Waals surface area contributed by atoms with E-state index in [4.69, 9.17) is 4.74 Å². The Hall–Kier alpha value is -2.70. The lowest BCUT2D eigenvalue weighted by Gasteiger charge is -2.03. The minimum absolute atomic E-state index is 0.130. The van der Waals surface area contributed by atoms with Crippen molar-refractivity contribution < 1.29 is 23.8 Å². The number of carbonyl (C=O) groups excluding carboxylic acids is 2. The predicted octanol–water partition coefficient (Wildman–Crippen LogP) is 2.82. The molecule has 0 fully saturated rings. The molecule has 0 aliphatic rings. The smallest absolute Gasteiger partial charge is 0.345 e. The number of ether oxygens (including phenoxy) is 1. The summed E-state index contributed by atoms with van der Waals surface area (Å²) >= 11 is 0. The lowest BCUT2D eigenvalue weighted by atomic mass is 10.2. The number of aliphatic hydroxyl groups is 1. The Balaban J connectivity index is 2.73. The summed E-state index contributed by atoms with van der Waals surface area (Å²) in [6.07, 6.45) is 0.909. The van der Waals surface area contributed by atoms with Crippen LogP contribution in [-0.4, -0.2) is 29.9 Å². The summed E-state index contributed by atoms with van der Waals surface area (Å²) < 4.78 is 17.4. The highest BCUT2D eigenvalue weighted by molar-refractivity contribution is 6.12. The summed E-state index contributed by atoms with van der Waals surface area (Å²) in [6.45, 7) is 3.02. The monoisotopic (exact) mass is 294 g/mol. The molecule has 2 N–H and O–H groups in total. The van der Waals surface area contributed by atoms with Crippen LogP contribution >= 0.6 is 0 Å². The molecule has 0 aliphatic carbocycles. The van der Waals surface area contributed by atoms with Gasteiger partial charge in [-0.3, -0.25) is 0 Å². The molecule has 0 aliphatic heterocycles. The lowest BCUT2D eigenvalue weighted by Crippen LogP contribution is -2.13. The van der Waals surface area contributed by atoms with E-state index in [0.29, 0.717) is 5.69 Å². The number of esters is 1. The van der Waals surface area contributed by atoms with E-state index in [1.807, 2.05) is 0 Å². The molecule has 0 spiro atoms. The number of nitrogens with one attached hydrogen (secondary N) is 1. The molecule has 0 atom stereocenters. The number of amides is 2. The number of hydrogen-bond acceptors (Lipinski definition) is 4. The molecule has 7 heteroatoms. The number of allylic oxidation sites excluding steroid dienone is 1. The van der Waals surface area contributed by atoms with E-state index in [2.05, 4.69) is 10.3 Å². The molecule has 1 aromatic carbocycles. The van der Waals surface area contributed by atoms with Crippen LogP contribution in [0.15, 0.2) is 40.6 Å². The number of carbonyl (C=O) groups is 2. The second-order valence-electron chi connectivity index (χ2n) is 3.91. The third-order valence-corrected chi connectivity index (χ3v) is 2.29. The van der Waals surface area contributed by atoms with E-state index in [1.54, 1.807) is 6.92 Å². The number of aliphatic hydroxyl groups excluding tert-OH is 1. The number of urea groups is 1. The molecule has 0 heterocycles. The van der Waals surface area contributed by atoms with E-state index in [9.17, 15) is 19.1 Å². The third kappa shape index (κ3) is 5.43. The summed E-state index contributed by atoms with van der Waals surface area (Å²) in [6, 6.07) is 4.32. The molecule has 1 aromatic rings. The first-order chi connectivity index (χ1) is 9.93. The number of anilines is 1. The first kappa shape index (κ1) is 16.4. The van der Waals surface area contributed by atoms with Crippen molar-refractivity contribution in [1.82, 2.24) is 0 Å². The Morgan fingerprint density at radius 1 is 1.38 bits per heavy atom. The zero-order valence-electron chi connectivity index (χ0n) is 11.6. The highest BCUT2D eigenvalue weighted by Crippen LogP contribution is 2.08. The number of nitrogens with zero attached hydrogens (tertiary/aromatic N) is 1. The van der Waals surface area contributed by atoms with Crippen LogP contribution < -0.4 is 5.32 Å². The topological polar surface area (TPSA) is 88.0 Å². The Bertz CT molecular complexity index is 575. The molecule has 0 radical (unpaired) electrons. The van der Waals surface area contributed by atoms with E-state index in [1.165, 1.54) is 31.2 Å². The van der Waals surface area contributed by atoms with Gasteiger partial charge < -0.3 is 15.2 Å². The van der Waals surface area contributed by atoms with Crippen molar-refractivity contribution >= 4 is 23.9 Å². The van der Waals surface area contributed by atoms with Crippen LogP contribution in [0.1, 0.15) is 13.8 Å². The average Bonchev–Trinajstić information content (AvgIpc) is 2.41. The Morgan fingerprint density at radius 2 is 2.00 bits per heavy atom. The van der Waals surface area contributed by atoms with Gasteiger partial charge in [0.15, 0.2) is 0 Å². The fourth-order valence-electron chi connectivity index (χ4n) is 1.31.